The Balaban J connectivity index is 2.34. The van der Waals surface area contributed by atoms with Gasteiger partial charge in [-0.15, -0.1) is 16.4 Å². The Labute approximate surface area is 263 Å². The van der Waals surface area contributed by atoms with Gasteiger partial charge in [0, 0.05) is 6.04 Å². The summed E-state index contributed by atoms with van der Waals surface area (Å²) in [5, 5.41) is 0. The molecule has 0 spiro atoms. The minimum Gasteiger partial charge on any atom is -0.331 e. The van der Waals surface area contributed by atoms with Crippen molar-refractivity contribution in [1.29, 1.82) is 0 Å². The lowest BCUT2D eigenvalue weighted by Gasteiger charge is -2.45. The van der Waals surface area contributed by atoms with Crippen LogP contribution < -0.4 is 21.4 Å². The fraction of sp³-hybridized carbons (Fsp3) is 0.200. The van der Waals surface area contributed by atoms with Crippen LogP contribution in [0.1, 0.15) is 18.0 Å². The summed E-state index contributed by atoms with van der Waals surface area (Å²) in [6.07, 6.45) is -8.30. The van der Waals surface area contributed by atoms with Gasteiger partial charge in [0.15, 0.2) is 52.4 Å². The Hall–Kier alpha value is -3.93. The maximum atomic E-state index is 15.7. The van der Waals surface area contributed by atoms with E-state index in [-0.39, 0.29) is 5.56 Å². The van der Waals surface area contributed by atoms with Gasteiger partial charge in [0.2, 0.25) is 0 Å². The minimum absolute atomic E-state index is 0.219. The normalized spacial score (nSPS) is 13.0. The molecule has 1 nitrogen and oxygen atoms in total. The van der Waals surface area contributed by atoms with Crippen molar-refractivity contribution in [2.75, 3.05) is 0 Å². The van der Waals surface area contributed by atoms with Crippen molar-refractivity contribution in [1.82, 2.24) is 4.98 Å². The van der Waals surface area contributed by atoms with Crippen LogP contribution in [0.4, 0.5) is 65.9 Å². The van der Waals surface area contributed by atoms with Gasteiger partial charge in [-0.3, -0.25) is 0 Å². The SMILES string of the molecule is C[Si](C)(C)NC(CC[B-](c1c(F)c(F)c(F)c(F)c1F)(c1c(F)c(F)c(F)c(F)c1F)c1c(F)c(F)c(F)c(F)c1F)c1ccccc1. The Morgan fingerprint density at radius 2 is 0.729 bits per heavy atom. The van der Waals surface area contributed by atoms with Crippen LogP contribution >= 0.6 is 0 Å². The van der Waals surface area contributed by atoms with Crippen molar-refractivity contribution in [2.24, 2.45) is 0 Å². The summed E-state index contributed by atoms with van der Waals surface area (Å²) in [7, 11) is -2.58. The van der Waals surface area contributed by atoms with E-state index in [0.29, 0.717) is 0 Å². The van der Waals surface area contributed by atoms with E-state index in [2.05, 4.69) is 4.98 Å². The summed E-state index contributed by atoms with van der Waals surface area (Å²) in [5.41, 5.74) is -7.58. The fourth-order valence-corrected chi connectivity index (χ4v) is 7.33. The van der Waals surface area contributed by atoms with Gasteiger partial charge in [0.1, 0.15) is 49.3 Å². The molecular weight excluding hydrogens is 698 g/mol. The van der Waals surface area contributed by atoms with Crippen LogP contribution in [0.5, 0.6) is 0 Å². The van der Waals surface area contributed by atoms with E-state index in [4.69, 9.17) is 0 Å². The lowest BCUT2D eigenvalue weighted by molar-refractivity contribution is 0.379. The van der Waals surface area contributed by atoms with E-state index >= 15 is 26.3 Å². The van der Waals surface area contributed by atoms with Crippen LogP contribution in [-0.2, 0) is 0 Å². The van der Waals surface area contributed by atoms with Gasteiger partial charge in [-0.2, -0.15) is 6.32 Å². The molecule has 18 heteroatoms. The molecular formula is C30H20BF15NSi-. The summed E-state index contributed by atoms with van der Waals surface area (Å²) in [5.74, 6) is -45.0. The lowest BCUT2D eigenvalue weighted by atomic mass is 9.13. The van der Waals surface area contributed by atoms with E-state index in [1.807, 2.05) is 0 Å². The maximum Gasteiger partial charge on any atom is 0.200 e. The van der Waals surface area contributed by atoms with Crippen LogP contribution in [-0.4, -0.2) is 14.4 Å². The second-order valence-corrected chi connectivity index (χ2v) is 16.7. The highest BCUT2D eigenvalue weighted by Gasteiger charge is 2.48. The van der Waals surface area contributed by atoms with E-state index in [1.54, 1.807) is 19.6 Å². The third kappa shape index (κ3) is 5.97. The van der Waals surface area contributed by atoms with E-state index in [9.17, 15) is 39.5 Å². The van der Waals surface area contributed by atoms with Crippen LogP contribution in [0.2, 0.25) is 26.0 Å². The van der Waals surface area contributed by atoms with Crippen LogP contribution in [0, 0.1) is 87.3 Å². The van der Waals surface area contributed by atoms with Gasteiger partial charge in [-0.25, -0.2) is 65.9 Å². The molecule has 0 aliphatic rings. The fourth-order valence-electron chi connectivity index (χ4n) is 5.98. The summed E-state index contributed by atoms with van der Waals surface area (Å²) in [6.45, 7) is 5.00. The summed E-state index contributed by atoms with van der Waals surface area (Å²) in [4.78, 5) is 3.04. The highest BCUT2D eigenvalue weighted by Crippen LogP contribution is 2.33. The topological polar surface area (TPSA) is 12.0 Å². The summed E-state index contributed by atoms with van der Waals surface area (Å²) >= 11 is 0. The molecule has 0 saturated carbocycles. The third-order valence-electron chi connectivity index (χ3n) is 7.91. The smallest absolute Gasteiger partial charge is 0.200 e. The number of hydrogen-bond acceptors (Lipinski definition) is 1. The zero-order chi connectivity index (χ0) is 36.2. The first-order valence-electron chi connectivity index (χ1n) is 13.8. The lowest BCUT2D eigenvalue weighted by Crippen LogP contribution is -2.73. The average molecular weight is 718 g/mol. The average Bonchev–Trinajstić information content (AvgIpc) is 3.04. The highest BCUT2D eigenvalue weighted by molar-refractivity contribution is 7.11. The number of benzene rings is 4. The Kier molecular flexibility index (Phi) is 10.1. The zero-order valence-corrected chi connectivity index (χ0v) is 25.6. The van der Waals surface area contributed by atoms with Crippen molar-refractivity contribution in [3.05, 3.63) is 123 Å². The zero-order valence-electron chi connectivity index (χ0n) is 24.6. The molecule has 1 unspecified atom stereocenters. The molecule has 0 saturated heterocycles. The maximum absolute atomic E-state index is 15.7. The molecule has 0 aliphatic heterocycles. The molecule has 0 fully saturated rings. The van der Waals surface area contributed by atoms with Gasteiger partial charge >= 0.3 is 0 Å². The molecule has 0 amide bonds. The third-order valence-corrected chi connectivity index (χ3v) is 9.12. The van der Waals surface area contributed by atoms with Gasteiger partial charge in [0.25, 0.3) is 0 Å². The summed E-state index contributed by atoms with van der Waals surface area (Å²) in [6, 6.07) is 5.92. The Morgan fingerprint density at radius 3 is 1.00 bits per heavy atom. The quantitative estimate of drug-likeness (QED) is 0.0807. The second kappa shape index (κ2) is 13.2. The standard InChI is InChI=1S/C30H20BF15NSi/c1-48(2,3)47-12(11-7-5-4-6-8-11)9-10-31(13-16(32)22(38)28(44)23(39)17(13)33,14-18(34)24(40)29(45)25(41)19(14)35)15-20(36)26(42)30(46)27(43)21(15)37/h4-8,12,47H,9-10H2,1-3H3/q-1. The number of rotatable bonds is 9. The largest absolute Gasteiger partial charge is 0.331 e. The van der Waals surface area contributed by atoms with Crippen molar-refractivity contribution in [3.63, 3.8) is 0 Å². The Morgan fingerprint density at radius 1 is 0.458 bits per heavy atom. The van der Waals surface area contributed by atoms with E-state index in [1.165, 1.54) is 30.3 Å². The molecule has 0 aromatic heterocycles. The van der Waals surface area contributed by atoms with Gasteiger partial charge < -0.3 is 4.98 Å². The molecule has 4 rings (SSSR count). The molecule has 0 aliphatic carbocycles. The van der Waals surface area contributed by atoms with Gasteiger partial charge in [0.05, 0.1) is 0 Å². The van der Waals surface area contributed by atoms with Gasteiger partial charge in [-0.1, -0.05) is 56.4 Å². The van der Waals surface area contributed by atoms with Crippen molar-refractivity contribution in [2.45, 2.75) is 38.4 Å². The first-order valence-corrected chi connectivity index (χ1v) is 17.3. The van der Waals surface area contributed by atoms with Crippen molar-refractivity contribution in [3.8, 4) is 0 Å². The highest BCUT2D eigenvalue weighted by atomic mass is 28.3. The van der Waals surface area contributed by atoms with Gasteiger partial charge in [-0.05, 0) is 5.56 Å². The molecule has 0 bridgehead atoms. The van der Waals surface area contributed by atoms with Crippen molar-refractivity contribution >= 4 is 30.8 Å². The Bertz CT molecular complexity index is 1660. The van der Waals surface area contributed by atoms with Crippen molar-refractivity contribution < 1.29 is 65.9 Å². The second-order valence-electron chi connectivity index (χ2n) is 11.9. The van der Waals surface area contributed by atoms with Crippen LogP contribution in [0.15, 0.2) is 30.3 Å². The molecule has 4 aromatic carbocycles. The number of halogens is 15. The van der Waals surface area contributed by atoms with E-state index < -0.39 is 137 Å². The predicted molar refractivity (Wildman–Crippen MR) is 148 cm³/mol. The first-order chi connectivity index (χ1) is 22.2. The molecule has 1 N–H and O–H groups in total. The predicted octanol–water partition coefficient (Wildman–Crippen LogP) is 7.80. The van der Waals surface area contributed by atoms with Crippen LogP contribution in [0.25, 0.3) is 0 Å². The number of nitrogens with one attached hydrogen (secondary N) is 1. The molecule has 258 valence electrons. The van der Waals surface area contributed by atoms with Crippen LogP contribution in [0.3, 0.4) is 0 Å². The molecule has 1 atom stereocenters. The minimum atomic E-state index is -5.62. The summed E-state index contributed by atoms with van der Waals surface area (Å²) < 4.78 is 226. The first kappa shape index (κ1) is 36.9. The van der Waals surface area contributed by atoms with E-state index in [0.717, 1.165) is 0 Å². The molecule has 0 radical (unpaired) electrons. The monoisotopic (exact) mass is 718 g/mol. The number of hydrogen-bond donors (Lipinski definition) is 1. The molecule has 48 heavy (non-hydrogen) atoms. The molecule has 4 aromatic rings. The molecule has 0 heterocycles.